The number of amides is 1. The van der Waals surface area contributed by atoms with Crippen molar-refractivity contribution in [3.63, 3.8) is 0 Å². The molecular weight excluding hydrogens is 383 g/mol. The normalized spacial score (nSPS) is 27.0. The fourth-order valence-electron chi connectivity index (χ4n) is 5.07. The lowest BCUT2D eigenvalue weighted by Gasteiger charge is -2.43. The average molecular weight is 411 g/mol. The first-order chi connectivity index (χ1) is 13.7. The van der Waals surface area contributed by atoms with Crippen molar-refractivity contribution >= 4 is 11.7 Å². The topological polar surface area (TPSA) is 61.4 Å². The van der Waals surface area contributed by atoms with E-state index in [1.807, 2.05) is 4.90 Å². The Morgan fingerprint density at radius 3 is 2.62 bits per heavy atom. The van der Waals surface area contributed by atoms with E-state index >= 15 is 0 Å². The first-order valence-electron chi connectivity index (χ1n) is 10.4. The minimum Gasteiger partial charge on any atom is -0.356 e. The largest absolute Gasteiger partial charge is 0.433 e. The molecule has 1 amide bonds. The van der Waals surface area contributed by atoms with Crippen molar-refractivity contribution in [1.82, 2.24) is 20.2 Å². The summed E-state index contributed by atoms with van der Waals surface area (Å²) in [4.78, 5) is 24.3. The molecule has 29 heavy (non-hydrogen) atoms. The van der Waals surface area contributed by atoms with Gasteiger partial charge in [-0.05, 0) is 31.7 Å². The molecule has 3 fully saturated rings. The van der Waals surface area contributed by atoms with Crippen molar-refractivity contribution in [2.24, 2.45) is 17.8 Å². The Morgan fingerprint density at radius 2 is 1.97 bits per heavy atom. The van der Waals surface area contributed by atoms with Gasteiger partial charge in [-0.1, -0.05) is 13.8 Å². The van der Waals surface area contributed by atoms with Crippen LogP contribution in [0.1, 0.15) is 38.8 Å². The van der Waals surface area contributed by atoms with Crippen LogP contribution in [0, 0.1) is 17.8 Å². The fourth-order valence-corrected chi connectivity index (χ4v) is 5.07. The van der Waals surface area contributed by atoms with Gasteiger partial charge in [0.25, 0.3) is 0 Å². The van der Waals surface area contributed by atoms with Gasteiger partial charge in [-0.3, -0.25) is 4.79 Å². The quantitative estimate of drug-likeness (QED) is 0.825. The Morgan fingerprint density at radius 1 is 1.24 bits per heavy atom. The fraction of sp³-hybridized carbons (Fsp3) is 0.750. The minimum absolute atomic E-state index is 0.0320. The molecule has 0 radical (unpaired) electrons. The summed E-state index contributed by atoms with van der Waals surface area (Å²) in [6, 6.07) is 1.01. The van der Waals surface area contributed by atoms with Crippen molar-refractivity contribution in [3.8, 4) is 0 Å². The van der Waals surface area contributed by atoms with Gasteiger partial charge in [0.05, 0.1) is 5.92 Å². The van der Waals surface area contributed by atoms with Crippen LogP contribution in [-0.4, -0.2) is 59.0 Å². The average Bonchev–Trinajstić information content (AvgIpc) is 3.20. The van der Waals surface area contributed by atoms with Crippen molar-refractivity contribution in [3.05, 3.63) is 18.1 Å². The predicted octanol–water partition coefficient (Wildman–Crippen LogP) is 2.56. The maximum Gasteiger partial charge on any atom is 0.433 e. The van der Waals surface area contributed by atoms with Gasteiger partial charge in [0.15, 0.2) is 0 Å². The molecule has 3 aliphatic heterocycles. The molecule has 9 heteroatoms. The third-order valence-corrected chi connectivity index (χ3v) is 6.76. The smallest absolute Gasteiger partial charge is 0.356 e. The van der Waals surface area contributed by atoms with Crippen LogP contribution in [-0.2, 0) is 11.0 Å². The maximum atomic E-state index is 13.0. The Labute approximate surface area is 168 Å². The Balaban J connectivity index is 1.43. The molecule has 0 saturated carbocycles. The van der Waals surface area contributed by atoms with Gasteiger partial charge in [0, 0.05) is 43.7 Å². The summed E-state index contributed by atoms with van der Waals surface area (Å²) < 4.78 is 38.9. The van der Waals surface area contributed by atoms with Crippen LogP contribution >= 0.6 is 0 Å². The zero-order valence-electron chi connectivity index (χ0n) is 16.9. The number of carbonyl (C=O) groups excluding carboxylic acids is 1. The Kier molecular flexibility index (Phi) is 5.21. The number of rotatable bonds is 4. The van der Waals surface area contributed by atoms with E-state index in [0.717, 1.165) is 51.3 Å². The zero-order chi connectivity index (χ0) is 20.8. The summed E-state index contributed by atoms with van der Waals surface area (Å²) in [5.74, 6) is 1.38. The number of anilines is 1. The van der Waals surface area contributed by atoms with Gasteiger partial charge in [-0.15, -0.1) is 0 Å². The summed E-state index contributed by atoms with van der Waals surface area (Å²) in [5.41, 5.74) is -1.17. The summed E-state index contributed by atoms with van der Waals surface area (Å²) in [5, 5.41) is 3.26. The van der Waals surface area contributed by atoms with Gasteiger partial charge >= 0.3 is 6.18 Å². The van der Waals surface area contributed by atoms with Crippen LogP contribution in [0.3, 0.4) is 0 Å². The molecule has 1 N–H and O–H groups in total. The van der Waals surface area contributed by atoms with Crippen LogP contribution in [0.15, 0.2) is 12.4 Å². The lowest BCUT2D eigenvalue weighted by molar-refractivity contribution is -0.141. The molecular formula is C20H28F3N5O. The number of halogens is 3. The summed E-state index contributed by atoms with van der Waals surface area (Å²) in [6.07, 6.45) is -0.937. The highest BCUT2D eigenvalue weighted by atomic mass is 19.4. The highest BCUT2D eigenvalue weighted by molar-refractivity contribution is 5.83. The first-order valence-corrected chi connectivity index (χ1v) is 10.4. The molecule has 160 valence electrons. The van der Waals surface area contributed by atoms with Gasteiger partial charge in [0.1, 0.15) is 17.8 Å². The predicted molar refractivity (Wildman–Crippen MR) is 102 cm³/mol. The number of likely N-dealkylation sites (tertiary alicyclic amines) is 1. The van der Waals surface area contributed by atoms with Crippen molar-refractivity contribution in [2.45, 2.75) is 44.8 Å². The SMILES string of the molecule is CC(C)CCN1C[C@H]2C(=O)NC3(CCN(c4cc(C(F)(F)F)ncn4)CC3)[C@H]2C1. The monoisotopic (exact) mass is 411 g/mol. The molecule has 3 saturated heterocycles. The van der Waals surface area contributed by atoms with Crippen molar-refractivity contribution in [2.75, 3.05) is 37.6 Å². The molecule has 0 aromatic carbocycles. The number of hydrogen-bond donors (Lipinski definition) is 1. The molecule has 1 aromatic heterocycles. The van der Waals surface area contributed by atoms with Gasteiger partial charge in [-0.2, -0.15) is 13.2 Å². The number of alkyl halides is 3. The number of piperidine rings is 1. The second-order valence-electron chi connectivity index (χ2n) is 9.05. The standard InChI is InChI=1S/C20H28F3N5O/c1-13(2)3-6-27-10-14-15(11-27)19(26-18(14)29)4-7-28(8-5-19)17-9-16(20(21,22)23)24-12-25-17/h9,12-15H,3-8,10-11H2,1-2H3,(H,26,29)/t14-,15+/m1/s1. The van der Waals surface area contributed by atoms with E-state index in [1.165, 1.54) is 0 Å². The van der Waals surface area contributed by atoms with E-state index in [9.17, 15) is 18.0 Å². The molecule has 4 heterocycles. The number of fused-ring (bicyclic) bond motifs is 2. The van der Waals surface area contributed by atoms with E-state index in [1.54, 1.807) is 0 Å². The maximum absolute atomic E-state index is 13.0. The Hall–Kier alpha value is -1.90. The first kappa shape index (κ1) is 20.4. The molecule has 1 aromatic rings. The lowest BCUT2D eigenvalue weighted by Crippen LogP contribution is -2.55. The highest BCUT2D eigenvalue weighted by Crippen LogP contribution is 2.44. The summed E-state index contributed by atoms with van der Waals surface area (Å²) in [6.45, 7) is 8.31. The number of hydrogen-bond acceptors (Lipinski definition) is 5. The van der Waals surface area contributed by atoms with E-state index in [-0.39, 0.29) is 23.3 Å². The molecule has 3 aliphatic rings. The number of nitrogens with zero attached hydrogens (tertiary/aromatic N) is 4. The Bertz CT molecular complexity index is 761. The number of carbonyl (C=O) groups is 1. The van der Waals surface area contributed by atoms with Crippen LogP contribution in [0.5, 0.6) is 0 Å². The third kappa shape index (κ3) is 3.93. The second kappa shape index (κ2) is 7.41. The zero-order valence-corrected chi connectivity index (χ0v) is 16.9. The van der Waals surface area contributed by atoms with Gasteiger partial charge < -0.3 is 15.1 Å². The van der Waals surface area contributed by atoms with Crippen molar-refractivity contribution < 1.29 is 18.0 Å². The van der Waals surface area contributed by atoms with E-state index in [0.29, 0.717) is 24.8 Å². The van der Waals surface area contributed by atoms with Crippen molar-refractivity contribution in [1.29, 1.82) is 0 Å². The highest BCUT2D eigenvalue weighted by Gasteiger charge is 2.57. The molecule has 1 spiro atoms. The van der Waals surface area contributed by atoms with Crippen LogP contribution in [0.4, 0.5) is 19.0 Å². The lowest BCUT2D eigenvalue weighted by atomic mass is 9.75. The molecule has 0 aliphatic carbocycles. The molecule has 6 nitrogen and oxygen atoms in total. The van der Waals surface area contributed by atoms with E-state index < -0.39 is 11.9 Å². The molecule has 0 unspecified atom stereocenters. The molecule has 4 rings (SSSR count). The second-order valence-corrected chi connectivity index (χ2v) is 9.05. The minimum atomic E-state index is -4.48. The molecule has 0 bridgehead atoms. The van der Waals surface area contributed by atoms with E-state index in [4.69, 9.17) is 0 Å². The van der Waals surface area contributed by atoms with Gasteiger partial charge in [-0.25, -0.2) is 9.97 Å². The number of aromatic nitrogens is 2. The van der Waals surface area contributed by atoms with Crippen LogP contribution in [0.2, 0.25) is 0 Å². The molecule has 2 atom stereocenters. The summed E-state index contributed by atoms with van der Waals surface area (Å²) in [7, 11) is 0. The third-order valence-electron chi connectivity index (χ3n) is 6.76. The number of nitrogens with one attached hydrogen (secondary N) is 1. The summed E-state index contributed by atoms with van der Waals surface area (Å²) >= 11 is 0. The van der Waals surface area contributed by atoms with Gasteiger partial charge in [0.2, 0.25) is 5.91 Å². The van der Waals surface area contributed by atoms with Crippen LogP contribution < -0.4 is 10.2 Å². The van der Waals surface area contributed by atoms with Crippen LogP contribution in [0.25, 0.3) is 0 Å². The van der Waals surface area contributed by atoms with E-state index in [2.05, 4.69) is 34.0 Å².